The van der Waals surface area contributed by atoms with Crippen LogP contribution >= 0.6 is 11.3 Å². The fraction of sp³-hybridized carbons (Fsp3) is 0.522. The zero-order valence-electron chi connectivity index (χ0n) is 18.7. The third-order valence-electron chi connectivity index (χ3n) is 7.48. The van der Waals surface area contributed by atoms with Crippen molar-refractivity contribution in [2.75, 3.05) is 4.72 Å². The van der Waals surface area contributed by atoms with Gasteiger partial charge in [0.25, 0.3) is 15.9 Å². The first-order valence-corrected chi connectivity index (χ1v) is 13.5. The van der Waals surface area contributed by atoms with Gasteiger partial charge in [-0.25, -0.2) is 13.4 Å². The van der Waals surface area contributed by atoms with Crippen LogP contribution in [0.25, 0.3) is 0 Å². The Balaban J connectivity index is 1.42. The average molecular weight is 489 g/mol. The van der Waals surface area contributed by atoms with Crippen molar-refractivity contribution in [2.24, 2.45) is 23.0 Å². The normalized spacial score (nSPS) is 30.2. The lowest BCUT2D eigenvalue weighted by molar-refractivity contribution is -0.146. The highest BCUT2D eigenvalue weighted by Crippen LogP contribution is 2.61. The molecular weight excluding hydrogens is 460 g/mol. The Labute approximate surface area is 197 Å². The minimum Gasteiger partial charge on any atom is -0.369 e. The molecule has 4 aliphatic rings. The van der Waals surface area contributed by atoms with Crippen molar-refractivity contribution >= 4 is 38.9 Å². The molecule has 33 heavy (non-hydrogen) atoms. The molecular formula is C23H28N4O4S2. The van der Waals surface area contributed by atoms with Crippen LogP contribution in [0.4, 0.5) is 5.69 Å². The van der Waals surface area contributed by atoms with E-state index in [0.717, 1.165) is 43.4 Å². The van der Waals surface area contributed by atoms with Crippen molar-refractivity contribution in [1.29, 1.82) is 0 Å². The Morgan fingerprint density at radius 1 is 1.12 bits per heavy atom. The van der Waals surface area contributed by atoms with Gasteiger partial charge in [0.05, 0.1) is 27.4 Å². The summed E-state index contributed by atoms with van der Waals surface area (Å²) < 4.78 is 28.7. The Bertz CT molecular complexity index is 1240. The van der Waals surface area contributed by atoms with Crippen molar-refractivity contribution in [3.63, 3.8) is 0 Å². The summed E-state index contributed by atoms with van der Waals surface area (Å²) >= 11 is 1.10. The quantitative estimate of drug-likeness (QED) is 0.575. The zero-order chi connectivity index (χ0) is 23.6. The number of benzene rings is 1. The van der Waals surface area contributed by atoms with Crippen LogP contribution in [0.3, 0.4) is 0 Å². The van der Waals surface area contributed by atoms with E-state index >= 15 is 0 Å². The number of carbonyl (C=O) groups excluding carboxylic acids is 2. The van der Waals surface area contributed by atoms with Crippen LogP contribution in [-0.2, 0) is 14.8 Å². The number of carbonyl (C=O) groups is 2. The highest BCUT2D eigenvalue weighted by atomic mass is 32.2. The molecule has 176 valence electrons. The molecule has 4 aliphatic carbocycles. The monoisotopic (exact) mass is 488 g/mol. The van der Waals surface area contributed by atoms with Gasteiger partial charge in [0.15, 0.2) is 4.21 Å². The Kier molecular flexibility index (Phi) is 5.09. The number of aryl methyl sites for hydroxylation is 2. The van der Waals surface area contributed by atoms with E-state index in [9.17, 15) is 18.0 Å². The van der Waals surface area contributed by atoms with Gasteiger partial charge in [-0.15, -0.1) is 11.3 Å². The summed E-state index contributed by atoms with van der Waals surface area (Å²) in [6, 6.07) is 6.59. The Morgan fingerprint density at radius 2 is 1.79 bits per heavy atom. The standard InChI is InChI=1S/C23H28N4O4S2/c1-13-20(32-14(2)25-13)33(30,31)27-18-6-4-3-5-17(18)19(28)26-23-10-15-7-16(11-23)9-22(8-15,12-23)21(24)29/h3-6,15-16,27H,7-12H2,1-2H3,(H2,24,29)(H,26,28). The number of anilines is 1. The number of sulfonamides is 1. The van der Waals surface area contributed by atoms with Crippen LogP contribution in [0.15, 0.2) is 28.5 Å². The largest absolute Gasteiger partial charge is 0.369 e. The van der Waals surface area contributed by atoms with E-state index in [4.69, 9.17) is 5.73 Å². The molecule has 2 atom stereocenters. The number of hydrogen-bond acceptors (Lipinski definition) is 6. The van der Waals surface area contributed by atoms with Gasteiger partial charge in [-0.3, -0.25) is 14.3 Å². The van der Waals surface area contributed by atoms with Gasteiger partial charge in [-0.1, -0.05) is 12.1 Å². The van der Waals surface area contributed by atoms with Crippen molar-refractivity contribution < 1.29 is 18.0 Å². The molecule has 2 unspecified atom stereocenters. The molecule has 2 aromatic rings. The number of nitrogens with two attached hydrogens (primary N) is 1. The van der Waals surface area contributed by atoms with Crippen molar-refractivity contribution in [3.05, 3.63) is 40.5 Å². The van der Waals surface area contributed by atoms with E-state index in [1.54, 1.807) is 38.1 Å². The second-order valence-electron chi connectivity index (χ2n) is 10.1. The number of nitrogens with one attached hydrogen (secondary N) is 2. The van der Waals surface area contributed by atoms with Gasteiger partial charge in [0.2, 0.25) is 5.91 Å². The van der Waals surface area contributed by atoms with Gasteiger partial charge in [-0.05, 0) is 76.3 Å². The van der Waals surface area contributed by atoms with Crippen LogP contribution in [0, 0.1) is 31.1 Å². The molecule has 8 nitrogen and oxygen atoms in total. The fourth-order valence-electron chi connectivity index (χ4n) is 6.73. The van der Waals surface area contributed by atoms with E-state index in [-0.39, 0.29) is 27.3 Å². The lowest BCUT2D eigenvalue weighted by Gasteiger charge is -2.61. The second kappa shape index (κ2) is 7.53. The van der Waals surface area contributed by atoms with Crippen LogP contribution in [-0.4, -0.2) is 30.8 Å². The second-order valence-corrected chi connectivity index (χ2v) is 13.2. The molecule has 4 saturated carbocycles. The van der Waals surface area contributed by atoms with Crippen molar-refractivity contribution in [2.45, 2.75) is 62.1 Å². The van der Waals surface area contributed by atoms with Crippen LogP contribution in [0.5, 0.6) is 0 Å². The first-order chi connectivity index (χ1) is 15.5. The average Bonchev–Trinajstić information content (AvgIpc) is 3.05. The summed E-state index contributed by atoms with van der Waals surface area (Å²) in [4.78, 5) is 30.0. The first-order valence-electron chi connectivity index (χ1n) is 11.2. The predicted molar refractivity (Wildman–Crippen MR) is 125 cm³/mol. The van der Waals surface area contributed by atoms with E-state index in [1.807, 2.05) is 0 Å². The number of nitrogens with zero attached hydrogens (tertiary/aromatic N) is 1. The van der Waals surface area contributed by atoms with Gasteiger partial charge >= 0.3 is 0 Å². The molecule has 4 N–H and O–H groups in total. The summed E-state index contributed by atoms with van der Waals surface area (Å²) in [7, 11) is -3.89. The molecule has 1 aromatic carbocycles. The van der Waals surface area contributed by atoms with E-state index in [2.05, 4.69) is 15.0 Å². The topological polar surface area (TPSA) is 131 Å². The lowest BCUT2D eigenvalue weighted by Crippen LogP contribution is -2.65. The summed E-state index contributed by atoms with van der Waals surface area (Å²) in [5, 5.41) is 3.87. The van der Waals surface area contributed by atoms with Gasteiger partial charge in [0, 0.05) is 5.54 Å². The van der Waals surface area contributed by atoms with Crippen molar-refractivity contribution in [3.8, 4) is 0 Å². The third kappa shape index (κ3) is 3.82. The number of aromatic nitrogens is 1. The first kappa shape index (κ1) is 22.3. The maximum absolute atomic E-state index is 13.4. The summed E-state index contributed by atoms with van der Waals surface area (Å²) in [5.74, 6) is 0.154. The smallest absolute Gasteiger partial charge is 0.273 e. The molecule has 0 spiro atoms. The number of primary amides is 1. The molecule has 0 radical (unpaired) electrons. The molecule has 6 rings (SSSR count). The van der Waals surface area contributed by atoms with E-state index < -0.39 is 21.0 Å². The third-order valence-corrected chi connectivity index (χ3v) is 10.5. The molecule has 1 aromatic heterocycles. The summed E-state index contributed by atoms with van der Waals surface area (Å²) in [6.45, 7) is 3.40. The summed E-state index contributed by atoms with van der Waals surface area (Å²) in [6.07, 6.45) is 4.91. The van der Waals surface area contributed by atoms with Crippen LogP contribution < -0.4 is 15.8 Å². The molecule has 0 saturated heterocycles. The van der Waals surface area contributed by atoms with Crippen LogP contribution in [0.2, 0.25) is 0 Å². The van der Waals surface area contributed by atoms with Gasteiger partial charge in [-0.2, -0.15) is 0 Å². The van der Waals surface area contributed by atoms with Crippen molar-refractivity contribution in [1.82, 2.24) is 10.3 Å². The number of amides is 2. The molecule has 1 heterocycles. The zero-order valence-corrected chi connectivity index (χ0v) is 20.3. The lowest BCUT2D eigenvalue weighted by atomic mass is 9.46. The molecule has 4 fully saturated rings. The molecule has 10 heteroatoms. The number of thiazole rings is 1. The minimum atomic E-state index is -3.89. The highest BCUT2D eigenvalue weighted by molar-refractivity contribution is 7.94. The Morgan fingerprint density at radius 3 is 2.39 bits per heavy atom. The Hall–Kier alpha value is -2.46. The maximum Gasteiger partial charge on any atom is 0.273 e. The fourth-order valence-corrected chi connectivity index (χ4v) is 9.29. The van der Waals surface area contributed by atoms with Gasteiger partial charge in [0.1, 0.15) is 0 Å². The SMILES string of the molecule is Cc1nc(C)c(S(=O)(=O)Nc2ccccc2C(=O)NC23CC4CC(C2)CC(C(N)=O)(C4)C3)s1. The summed E-state index contributed by atoms with van der Waals surface area (Å²) in [5.41, 5.74) is 5.70. The molecule has 4 bridgehead atoms. The molecule has 0 aliphatic heterocycles. The number of hydrogen-bond donors (Lipinski definition) is 3. The predicted octanol–water partition coefficient (Wildman–Crippen LogP) is 3.11. The maximum atomic E-state index is 13.4. The number of para-hydroxylation sites is 1. The molecule has 2 amide bonds. The van der Waals surface area contributed by atoms with Gasteiger partial charge < -0.3 is 11.1 Å². The van der Waals surface area contributed by atoms with E-state index in [1.165, 1.54) is 0 Å². The minimum absolute atomic E-state index is 0.139. The van der Waals surface area contributed by atoms with E-state index in [0.29, 0.717) is 29.0 Å². The number of rotatable bonds is 6. The highest BCUT2D eigenvalue weighted by Gasteiger charge is 2.60. The van der Waals surface area contributed by atoms with Crippen LogP contribution in [0.1, 0.15) is 59.6 Å².